The maximum Gasteiger partial charge on any atom is 0.277 e. The molecule has 5 rings (SSSR count). The molecule has 1 atom stereocenters. The lowest BCUT2D eigenvalue weighted by Gasteiger charge is -2.19. The van der Waals surface area contributed by atoms with Crippen LogP contribution in [0.15, 0.2) is 92.2 Å². The first-order valence-electron chi connectivity index (χ1n) is 10.3. The number of amides is 1. The van der Waals surface area contributed by atoms with Gasteiger partial charge in [0.15, 0.2) is 0 Å². The summed E-state index contributed by atoms with van der Waals surface area (Å²) in [4.78, 5) is 13.1. The maximum atomic E-state index is 13.1. The number of methoxy groups -OCH3 is 1. The average molecular weight is 461 g/mol. The van der Waals surface area contributed by atoms with Gasteiger partial charge in [-0.25, -0.2) is 5.01 Å². The zero-order chi connectivity index (χ0) is 22.6. The summed E-state index contributed by atoms with van der Waals surface area (Å²) in [5.41, 5.74) is 2.57. The molecule has 166 valence electrons. The summed E-state index contributed by atoms with van der Waals surface area (Å²) in [6.07, 6.45) is 2.15. The summed E-state index contributed by atoms with van der Waals surface area (Å²) in [6, 6.07) is 20.5. The second-order valence-electron chi connectivity index (χ2n) is 7.28. The highest BCUT2D eigenvalue weighted by Crippen LogP contribution is 2.34. The minimum absolute atomic E-state index is 0.104. The molecule has 2 aromatic heterocycles. The molecule has 33 heavy (non-hydrogen) atoms. The van der Waals surface area contributed by atoms with Crippen LogP contribution in [-0.4, -0.2) is 39.7 Å². The van der Waals surface area contributed by atoms with Gasteiger partial charge in [-0.05, 0) is 54.1 Å². The molecule has 0 fully saturated rings. The number of thioether (sulfide) groups is 1. The number of hydrogen-bond acceptors (Lipinski definition) is 8. The van der Waals surface area contributed by atoms with Gasteiger partial charge in [-0.1, -0.05) is 30.0 Å². The minimum Gasteiger partial charge on any atom is -0.497 e. The topological polar surface area (TPSA) is 94.0 Å². The fraction of sp³-hybridized carbons (Fsp3) is 0.167. The third-order valence-electron chi connectivity index (χ3n) is 5.21. The van der Waals surface area contributed by atoms with Crippen LogP contribution < -0.4 is 4.74 Å². The molecule has 0 saturated heterocycles. The predicted molar refractivity (Wildman–Crippen MR) is 123 cm³/mol. The van der Waals surface area contributed by atoms with E-state index in [4.69, 9.17) is 13.6 Å². The van der Waals surface area contributed by atoms with Gasteiger partial charge in [-0.15, -0.1) is 10.2 Å². The Balaban J connectivity index is 1.32. The number of benzene rings is 2. The summed E-state index contributed by atoms with van der Waals surface area (Å²) >= 11 is 1.18. The fourth-order valence-electron chi connectivity index (χ4n) is 3.56. The number of nitrogens with zero attached hydrogens (tertiary/aromatic N) is 4. The lowest BCUT2D eigenvalue weighted by Crippen LogP contribution is -2.28. The number of rotatable bonds is 7. The highest BCUT2D eigenvalue weighted by molar-refractivity contribution is 7.99. The molecule has 1 aliphatic rings. The smallest absolute Gasteiger partial charge is 0.277 e. The summed E-state index contributed by atoms with van der Waals surface area (Å²) in [6.45, 7) is 0. The van der Waals surface area contributed by atoms with E-state index in [2.05, 4.69) is 15.3 Å². The molecule has 0 radical (unpaired) electrons. The van der Waals surface area contributed by atoms with Gasteiger partial charge in [-0.2, -0.15) is 5.10 Å². The Hall–Kier alpha value is -3.85. The van der Waals surface area contributed by atoms with Crippen molar-refractivity contribution in [3.05, 3.63) is 84.3 Å². The van der Waals surface area contributed by atoms with Crippen molar-refractivity contribution in [3.8, 4) is 17.2 Å². The Bertz CT molecular complexity index is 1250. The molecule has 1 amide bonds. The van der Waals surface area contributed by atoms with Crippen LogP contribution >= 0.6 is 11.8 Å². The molecule has 0 unspecified atom stereocenters. The molecular weight excluding hydrogens is 440 g/mol. The van der Waals surface area contributed by atoms with E-state index in [1.807, 2.05) is 66.7 Å². The van der Waals surface area contributed by atoms with Crippen molar-refractivity contribution in [1.29, 1.82) is 0 Å². The highest BCUT2D eigenvalue weighted by Gasteiger charge is 2.35. The molecule has 2 aromatic carbocycles. The zero-order valence-electron chi connectivity index (χ0n) is 17.7. The highest BCUT2D eigenvalue weighted by atomic mass is 32.2. The number of aromatic nitrogens is 2. The Labute approximate surface area is 194 Å². The van der Waals surface area contributed by atoms with Crippen molar-refractivity contribution >= 4 is 23.4 Å². The maximum absolute atomic E-state index is 13.1. The number of hydrazone groups is 1. The van der Waals surface area contributed by atoms with E-state index in [0.29, 0.717) is 23.3 Å². The van der Waals surface area contributed by atoms with Crippen LogP contribution in [0.1, 0.15) is 23.8 Å². The lowest BCUT2D eigenvalue weighted by atomic mass is 10.0. The first kappa shape index (κ1) is 21.0. The second kappa shape index (κ2) is 9.33. The summed E-state index contributed by atoms with van der Waals surface area (Å²) < 4.78 is 16.5. The number of ether oxygens (including phenoxy) is 1. The number of furan rings is 1. The quantitative estimate of drug-likeness (QED) is 0.365. The van der Waals surface area contributed by atoms with E-state index in [1.165, 1.54) is 16.8 Å². The molecule has 0 bridgehead atoms. The number of carbonyl (C=O) groups excluding carboxylic acids is 1. The van der Waals surface area contributed by atoms with Crippen molar-refractivity contribution in [3.63, 3.8) is 0 Å². The third kappa shape index (κ3) is 4.54. The van der Waals surface area contributed by atoms with Gasteiger partial charge in [0.1, 0.15) is 17.6 Å². The van der Waals surface area contributed by atoms with Crippen LogP contribution in [0.3, 0.4) is 0 Å². The van der Waals surface area contributed by atoms with Crippen LogP contribution in [0.5, 0.6) is 5.75 Å². The van der Waals surface area contributed by atoms with E-state index >= 15 is 0 Å². The van der Waals surface area contributed by atoms with Crippen LogP contribution in [-0.2, 0) is 4.79 Å². The molecule has 3 heterocycles. The molecule has 8 nitrogen and oxygen atoms in total. The van der Waals surface area contributed by atoms with Gasteiger partial charge in [-0.3, -0.25) is 4.79 Å². The van der Waals surface area contributed by atoms with Crippen LogP contribution in [0.2, 0.25) is 0 Å². The lowest BCUT2D eigenvalue weighted by molar-refractivity contribution is -0.130. The molecular formula is C24H20N4O4S. The van der Waals surface area contributed by atoms with Gasteiger partial charge in [0.25, 0.3) is 11.1 Å². The molecule has 0 spiro atoms. The van der Waals surface area contributed by atoms with E-state index in [0.717, 1.165) is 22.6 Å². The van der Waals surface area contributed by atoms with Crippen molar-refractivity contribution < 1.29 is 18.4 Å². The summed E-state index contributed by atoms with van der Waals surface area (Å²) in [5.74, 6) is 1.79. The van der Waals surface area contributed by atoms with E-state index in [9.17, 15) is 4.79 Å². The standard InChI is InChI=1S/C24H20N4O4S/c1-30-18-11-9-16(10-12-18)19-14-20(21-8-5-13-31-21)28(27-19)22(29)15-33-24-26-25-23(32-24)17-6-3-2-4-7-17/h2-13,20H,14-15H2,1H3/t20-/m0/s1. The summed E-state index contributed by atoms with van der Waals surface area (Å²) in [5, 5.41) is 14.6. The first-order chi connectivity index (χ1) is 16.2. The SMILES string of the molecule is COc1ccc(C2=NN(C(=O)CSc3nnc(-c4ccccc4)o3)[C@H](c3ccco3)C2)cc1. The molecule has 9 heteroatoms. The Morgan fingerprint density at radius 1 is 1.06 bits per heavy atom. The normalized spacial score (nSPS) is 15.5. The van der Waals surface area contributed by atoms with E-state index < -0.39 is 0 Å². The van der Waals surface area contributed by atoms with Gasteiger partial charge in [0.2, 0.25) is 5.89 Å². The molecule has 1 aliphatic heterocycles. The molecule has 0 aliphatic carbocycles. The van der Waals surface area contributed by atoms with Crippen molar-refractivity contribution in [1.82, 2.24) is 15.2 Å². The minimum atomic E-state index is -0.312. The molecule has 0 saturated carbocycles. The Morgan fingerprint density at radius 3 is 2.61 bits per heavy atom. The van der Waals surface area contributed by atoms with Crippen LogP contribution in [0.4, 0.5) is 0 Å². The molecule has 4 aromatic rings. The molecule has 0 N–H and O–H groups in total. The van der Waals surface area contributed by atoms with Crippen molar-refractivity contribution in [2.75, 3.05) is 12.9 Å². The van der Waals surface area contributed by atoms with Gasteiger partial charge >= 0.3 is 0 Å². The van der Waals surface area contributed by atoms with Crippen LogP contribution in [0.25, 0.3) is 11.5 Å². The average Bonchev–Trinajstić information content (AvgIpc) is 3.64. The number of carbonyl (C=O) groups is 1. The van der Waals surface area contributed by atoms with Crippen molar-refractivity contribution in [2.24, 2.45) is 5.10 Å². The van der Waals surface area contributed by atoms with Gasteiger partial charge < -0.3 is 13.6 Å². The van der Waals surface area contributed by atoms with Gasteiger partial charge in [0.05, 0.1) is 24.8 Å². The Morgan fingerprint density at radius 2 is 1.88 bits per heavy atom. The van der Waals surface area contributed by atoms with Crippen molar-refractivity contribution in [2.45, 2.75) is 17.7 Å². The van der Waals surface area contributed by atoms with Crippen LogP contribution in [0, 0.1) is 0 Å². The zero-order valence-corrected chi connectivity index (χ0v) is 18.6. The van der Waals surface area contributed by atoms with Gasteiger partial charge in [0, 0.05) is 12.0 Å². The predicted octanol–water partition coefficient (Wildman–Crippen LogP) is 4.81. The number of hydrogen-bond donors (Lipinski definition) is 0. The summed E-state index contributed by atoms with van der Waals surface area (Å²) in [7, 11) is 1.62. The third-order valence-corrected chi connectivity index (χ3v) is 6.01. The monoisotopic (exact) mass is 460 g/mol. The van der Waals surface area contributed by atoms with E-state index in [1.54, 1.807) is 13.4 Å². The largest absolute Gasteiger partial charge is 0.497 e. The fourth-order valence-corrected chi connectivity index (χ4v) is 4.17. The second-order valence-corrected chi connectivity index (χ2v) is 8.20. The first-order valence-corrected chi connectivity index (χ1v) is 11.3. The van der Waals surface area contributed by atoms with E-state index in [-0.39, 0.29) is 17.7 Å². The Kier molecular flexibility index (Phi) is 5.95.